The van der Waals surface area contributed by atoms with Gasteiger partial charge in [0.25, 0.3) is 0 Å². The van der Waals surface area contributed by atoms with E-state index in [0.717, 1.165) is 0 Å². The van der Waals surface area contributed by atoms with E-state index in [4.69, 9.17) is 33.0 Å². The van der Waals surface area contributed by atoms with Crippen LogP contribution >= 0.6 is 23.2 Å². The summed E-state index contributed by atoms with van der Waals surface area (Å²) >= 11 is 11.7. The second kappa shape index (κ2) is 4.39. The van der Waals surface area contributed by atoms with Crippen LogP contribution in [0.2, 0.25) is 10.2 Å². The predicted octanol–water partition coefficient (Wildman–Crippen LogP) is 3.25. The smallest absolute Gasteiger partial charge is 0.339 e. The summed E-state index contributed by atoms with van der Waals surface area (Å²) in [4.78, 5) is 15.1. The molecule has 0 aliphatic carbocycles. The van der Waals surface area contributed by atoms with E-state index in [9.17, 15) is 4.79 Å². The lowest BCUT2D eigenvalue weighted by Gasteiger charge is -2.08. The van der Waals surface area contributed by atoms with Crippen LogP contribution in [-0.2, 0) is 0 Å². The zero-order valence-corrected chi connectivity index (χ0v) is 10.2. The highest BCUT2D eigenvalue weighted by Gasteiger charge is 2.14. The molecule has 2 aromatic rings. The fourth-order valence-corrected chi connectivity index (χ4v) is 2.03. The van der Waals surface area contributed by atoms with Crippen LogP contribution in [0.4, 0.5) is 0 Å². The second-order valence-corrected chi connectivity index (χ2v) is 4.10. The third kappa shape index (κ3) is 2.14. The fraction of sp³-hybridized carbons (Fsp3) is 0.0909. The first kappa shape index (κ1) is 12.0. The Morgan fingerprint density at radius 2 is 2.06 bits per heavy atom. The van der Waals surface area contributed by atoms with E-state index in [0.29, 0.717) is 15.9 Å². The summed E-state index contributed by atoms with van der Waals surface area (Å²) in [6.45, 7) is 0. The highest BCUT2D eigenvalue weighted by atomic mass is 35.5. The van der Waals surface area contributed by atoms with Gasteiger partial charge >= 0.3 is 5.97 Å². The molecular formula is C11H7Cl2NO3. The van der Waals surface area contributed by atoms with Gasteiger partial charge in [0.1, 0.15) is 16.5 Å². The van der Waals surface area contributed by atoms with Crippen molar-refractivity contribution < 1.29 is 14.6 Å². The number of nitrogens with zero attached hydrogens (tertiary/aromatic N) is 1. The molecule has 1 aromatic carbocycles. The Labute approximate surface area is 107 Å². The number of hydrogen-bond acceptors (Lipinski definition) is 3. The molecule has 0 amide bonds. The molecule has 0 unspecified atom stereocenters. The van der Waals surface area contributed by atoms with Gasteiger partial charge in [-0.1, -0.05) is 23.2 Å². The van der Waals surface area contributed by atoms with Gasteiger partial charge in [-0.05, 0) is 12.1 Å². The van der Waals surface area contributed by atoms with Crippen LogP contribution in [-0.4, -0.2) is 23.2 Å². The van der Waals surface area contributed by atoms with Gasteiger partial charge in [-0.25, -0.2) is 9.78 Å². The Balaban J connectivity index is 2.83. The molecule has 4 nitrogen and oxygen atoms in total. The Morgan fingerprint density at radius 1 is 1.35 bits per heavy atom. The highest BCUT2D eigenvalue weighted by molar-refractivity contribution is 6.37. The number of carboxylic acids is 1. The van der Waals surface area contributed by atoms with Gasteiger partial charge < -0.3 is 9.84 Å². The molecule has 88 valence electrons. The molecule has 2 rings (SSSR count). The van der Waals surface area contributed by atoms with Gasteiger partial charge in [-0.2, -0.15) is 0 Å². The number of hydrogen-bond donors (Lipinski definition) is 1. The van der Waals surface area contributed by atoms with Gasteiger partial charge in [0, 0.05) is 11.5 Å². The average molecular weight is 272 g/mol. The zero-order chi connectivity index (χ0) is 12.6. The minimum atomic E-state index is -1.09. The standard InChI is InChI=1S/C11H7Cl2NO3/c1-17-9-4-8-5(2-6(9)11(15)16)7(12)3-10(13)14-8/h2-4H,1H3,(H,15,16). The molecule has 17 heavy (non-hydrogen) atoms. The van der Waals surface area contributed by atoms with Gasteiger partial charge in [0.05, 0.1) is 17.6 Å². The van der Waals surface area contributed by atoms with E-state index in [2.05, 4.69) is 4.98 Å². The van der Waals surface area contributed by atoms with Crippen LogP contribution in [0, 0.1) is 0 Å². The third-order valence-electron chi connectivity index (χ3n) is 2.28. The number of halogens is 2. The summed E-state index contributed by atoms with van der Waals surface area (Å²) in [5.41, 5.74) is 0.523. The Hall–Kier alpha value is -1.52. The molecule has 0 aliphatic rings. The normalized spacial score (nSPS) is 10.5. The van der Waals surface area contributed by atoms with E-state index in [-0.39, 0.29) is 16.5 Å². The SMILES string of the molecule is COc1cc2nc(Cl)cc(Cl)c2cc1C(=O)O. The van der Waals surface area contributed by atoms with Crippen LogP contribution in [0.5, 0.6) is 5.75 Å². The predicted molar refractivity (Wildman–Crippen MR) is 65.3 cm³/mol. The number of aromatic carboxylic acids is 1. The summed E-state index contributed by atoms with van der Waals surface area (Å²) in [6.07, 6.45) is 0. The molecule has 1 aromatic heterocycles. The van der Waals surface area contributed by atoms with E-state index in [1.54, 1.807) is 0 Å². The largest absolute Gasteiger partial charge is 0.496 e. The minimum Gasteiger partial charge on any atom is -0.496 e. The van der Waals surface area contributed by atoms with E-state index < -0.39 is 5.97 Å². The molecule has 0 spiro atoms. The van der Waals surface area contributed by atoms with Crippen LogP contribution in [0.25, 0.3) is 10.9 Å². The zero-order valence-electron chi connectivity index (χ0n) is 8.70. The summed E-state index contributed by atoms with van der Waals surface area (Å²) in [5, 5.41) is 10.1. The Kier molecular flexibility index (Phi) is 3.09. The molecule has 0 radical (unpaired) electrons. The van der Waals surface area contributed by atoms with Crippen LogP contribution in [0.3, 0.4) is 0 Å². The maximum atomic E-state index is 11.0. The molecule has 0 bridgehead atoms. The molecule has 0 fully saturated rings. The Bertz CT molecular complexity index is 613. The number of benzene rings is 1. The van der Waals surface area contributed by atoms with Crippen molar-refractivity contribution in [2.45, 2.75) is 0 Å². The first-order valence-corrected chi connectivity index (χ1v) is 5.35. The van der Waals surface area contributed by atoms with E-state index in [1.165, 1.54) is 25.3 Å². The summed E-state index contributed by atoms with van der Waals surface area (Å²) in [6, 6.07) is 4.38. The van der Waals surface area contributed by atoms with Gasteiger partial charge in [0.15, 0.2) is 0 Å². The van der Waals surface area contributed by atoms with Crippen LogP contribution < -0.4 is 4.74 Å². The van der Waals surface area contributed by atoms with Gasteiger partial charge in [-0.3, -0.25) is 0 Å². The van der Waals surface area contributed by atoms with E-state index >= 15 is 0 Å². The van der Waals surface area contributed by atoms with Crippen LogP contribution in [0.15, 0.2) is 18.2 Å². The lowest BCUT2D eigenvalue weighted by Crippen LogP contribution is -2.01. The maximum absolute atomic E-state index is 11.0. The number of carboxylic acid groups (broad SMARTS) is 1. The van der Waals surface area contributed by atoms with Crippen molar-refractivity contribution in [2.75, 3.05) is 7.11 Å². The maximum Gasteiger partial charge on any atom is 0.339 e. The number of methoxy groups -OCH3 is 1. The summed E-state index contributed by atoms with van der Waals surface area (Å²) in [5.74, 6) is -0.870. The van der Waals surface area contributed by atoms with Crippen molar-refractivity contribution in [1.82, 2.24) is 4.98 Å². The number of rotatable bonds is 2. The van der Waals surface area contributed by atoms with Crippen molar-refractivity contribution in [1.29, 1.82) is 0 Å². The molecule has 0 saturated carbocycles. The van der Waals surface area contributed by atoms with Crippen LogP contribution in [0.1, 0.15) is 10.4 Å². The first-order valence-electron chi connectivity index (χ1n) is 4.60. The Morgan fingerprint density at radius 3 is 2.65 bits per heavy atom. The number of ether oxygens (including phenoxy) is 1. The molecule has 1 heterocycles. The number of carbonyl (C=O) groups is 1. The van der Waals surface area contributed by atoms with Gasteiger partial charge in [0.2, 0.25) is 0 Å². The lowest BCUT2D eigenvalue weighted by atomic mass is 10.1. The first-order chi connectivity index (χ1) is 8.02. The summed E-state index contributed by atoms with van der Waals surface area (Å²) in [7, 11) is 1.39. The fourth-order valence-electron chi connectivity index (χ4n) is 1.52. The number of pyridine rings is 1. The highest BCUT2D eigenvalue weighted by Crippen LogP contribution is 2.31. The molecular weight excluding hydrogens is 265 g/mol. The van der Waals surface area contributed by atoms with Gasteiger partial charge in [-0.15, -0.1) is 0 Å². The quantitative estimate of drug-likeness (QED) is 0.852. The van der Waals surface area contributed by atoms with E-state index in [1.807, 2.05) is 0 Å². The monoisotopic (exact) mass is 271 g/mol. The van der Waals surface area contributed by atoms with Crippen molar-refractivity contribution in [2.24, 2.45) is 0 Å². The second-order valence-electron chi connectivity index (χ2n) is 3.30. The molecule has 0 saturated heterocycles. The molecule has 1 N–H and O–H groups in total. The van der Waals surface area contributed by atoms with Crippen molar-refractivity contribution in [3.05, 3.63) is 33.9 Å². The number of aromatic nitrogens is 1. The minimum absolute atomic E-state index is 0.0334. The molecule has 0 atom stereocenters. The topological polar surface area (TPSA) is 59.4 Å². The summed E-state index contributed by atoms with van der Waals surface area (Å²) < 4.78 is 4.99. The van der Waals surface area contributed by atoms with Crippen molar-refractivity contribution in [3.8, 4) is 5.75 Å². The lowest BCUT2D eigenvalue weighted by molar-refractivity contribution is 0.0693. The van der Waals surface area contributed by atoms with Crippen molar-refractivity contribution in [3.63, 3.8) is 0 Å². The molecule has 0 aliphatic heterocycles. The number of fused-ring (bicyclic) bond motifs is 1. The average Bonchev–Trinajstić information content (AvgIpc) is 2.26. The van der Waals surface area contributed by atoms with Crippen molar-refractivity contribution >= 4 is 40.1 Å². The molecule has 6 heteroatoms. The third-order valence-corrected chi connectivity index (χ3v) is 2.78.